The van der Waals surface area contributed by atoms with Gasteiger partial charge in [-0.1, -0.05) is 6.07 Å². The fraction of sp³-hybridized carbons (Fsp3) is 0.0769. The molecule has 0 unspecified atom stereocenters. The molecule has 0 radical (unpaired) electrons. The Balaban J connectivity index is 2.28. The van der Waals surface area contributed by atoms with Crippen LogP contribution in [0.4, 0.5) is 11.4 Å². The fourth-order valence-corrected chi connectivity index (χ4v) is 1.59. The minimum absolute atomic E-state index is 0.164. The quantitative estimate of drug-likeness (QED) is 0.722. The van der Waals surface area contributed by atoms with Crippen molar-refractivity contribution in [1.82, 2.24) is 4.98 Å². The second kappa shape index (κ2) is 5.26. The summed E-state index contributed by atoms with van der Waals surface area (Å²) >= 11 is 0. The van der Waals surface area contributed by atoms with Gasteiger partial charge in [0.15, 0.2) is 0 Å². The van der Waals surface area contributed by atoms with E-state index in [1.165, 1.54) is 25.3 Å². The molecule has 0 bridgehead atoms. The summed E-state index contributed by atoms with van der Waals surface area (Å²) in [6.07, 6.45) is 0. The maximum atomic E-state index is 12.0. The van der Waals surface area contributed by atoms with Gasteiger partial charge in [-0.25, -0.2) is 0 Å². The largest absolute Gasteiger partial charge is 0.495 e. The lowest BCUT2D eigenvalue weighted by atomic mass is 10.2. The molecule has 19 heavy (non-hydrogen) atoms. The second-order valence-corrected chi connectivity index (χ2v) is 3.84. The molecule has 4 N–H and O–H groups in total. The van der Waals surface area contributed by atoms with E-state index >= 15 is 0 Å². The standard InChI is InChI=1S/C13H13N3O3/c1-19-11-6-5-8(14)7-10(11)16-13(18)9-3-2-4-12(17)15-9/h2-7H,14H2,1H3,(H,15,17)(H,16,18). The first-order valence-corrected chi connectivity index (χ1v) is 5.54. The van der Waals surface area contributed by atoms with Gasteiger partial charge >= 0.3 is 0 Å². The van der Waals surface area contributed by atoms with Gasteiger partial charge in [0, 0.05) is 11.8 Å². The van der Waals surface area contributed by atoms with E-state index in [9.17, 15) is 9.59 Å². The van der Waals surface area contributed by atoms with E-state index in [-0.39, 0.29) is 11.3 Å². The molecule has 0 aliphatic carbocycles. The average Bonchev–Trinajstić information content (AvgIpc) is 2.39. The number of nitrogens with two attached hydrogens (primary N) is 1. The van der Waals surface area contributed by atoms with Crippen molar-refractivity contribution in [2.24, 2.45) is 0 Å². The maximum absolute atomic E-state index is 12.0. The van der Waals surface area contributed by atoms with Crippen LogP contribution in [0.5, 0.6) is 5.75 Å². The Bertz CT molecular complexity index is 664. The van der Waals surface area contributed by atoms with E-state index in [2.05, 4.69) is 10.3 Å². The zero-order valence-electron chi connectivity index (χ0n) is 10.3. The normalized spacial score (nSPS) is 9.95. The zero-order chi connectivity index (χ0) is 13.8. The lowest BCUT2D eigenvalue weighted by Crippen LogP contribution is -2.18. The van der Waals surface area contributed by atoms with Gasteiger partial charge in [-0.05, 0) is 24.3 Å². The molecule has 1 aromatic heterocycles. The lowest BCUT2D eigenvalue weighted by Gasteiger charge is -2.10. The molecule has 0 aliphatic rings. The molecule has 98 valence electrons. The highest BCUT2D eigenvalue weighted by molar-refractivity contribution is 6.03. The van der Waals surface area contributed by atoms with Crippen molar-refractivity contribution in [2.45, 2.75) is 0 Å². The predicted molar refractivity (Wildman–Crippen MR) is 72.4 cm³/mol. The van der Waals surface area contributed by atoms with Crippen molar-refractivity contribution in [3.05, 3.63) is 52.4 Å². The van der Waals surface area contributed by atoms with E-state index < -0.39 is 5.91 Å². The zero-order valence-corrected chi connectivity index (χ0v) is 10.3. The third-order valence-electron chi connectivity index (χ3n) is 2.48. The first-order valence-electron chi connectivity index (χ1n) is 5.54. The minimum atomic E-state index is -0.443. The fourth-order valence-electron chi connectivity index (χ4n) is 1.59. The molecule has 1 amide bonds. The van der Waals surface area contributed by atoms with Gasteiger partial charge in [0.05, 0.1) is 12.8 Å². The summed E-state index contributed by atoms with van der Waals surface area (Å²) in [6, 6.07) is 9.24. The Morgan fingerprint density at radius 1 is 1.32 bits per heavy atom. The molecular weight excluding hydrogens is 246 g/mol. The van der Waals surface area contributed by atoms with Crippen molar-refractivity contribution in [2.75, 3.05) is 18.2 Å². The summed E-state index contributed by atoms with van der Waals surface area (Å²) < 4.78 is 5.12. The van der Waals surface area contributed by atoms with E-state index in [4.69, 9.17) is 10.5 Å². The number of hydrogen-bond donors (Lipinski definition) is 3. The molecule has 0 saturated heterocycles. The van der Waals surface area contributed by atoms with Crippen molar-refractivity contribution < 1.29 is 9.53 Å². The Morgan fingerprint density at radius 2 is 2.11 bits per heavy atom. The van der Waals surface area contributed by atoms with Crippen LogP contribution < -0.4 is 21.3 Å². The van der Waals surface area contributed by atoms with Crippen LogP contribution in [0.1, 0.15) is 10.5 Å². The summed E-state index contributed by atoms with van der Waals surface area (Å²) in [4.78, 5) is 25.6. The number of aromatic nitrogens is 1. The van der Waals surface area contributed by atoms with Gasteiger partial charge in [-0.2, -0.15) is 0 Å². The number of aromatic amines is 1. The molecule has 2 rings (SSSR count). The number of H-pyrrole nitrogens is 1. The Morgan fingerprint density at radius 3 is 2.79 bits per heavy atom. The van der Waals surface area contributed by atoms with Gasteiger partial charge in [-0.3, -0.25) is 9.59 Å². The van der Waals surface area contributed by atoms with Crippen LogP contribution in [0.25, 0.3) is 0 Å². The summed E-state index contributed by atoms with van der Waals surface area (Å²) in [6.45, 7) is 0. The smallest absolute Gasteiger partial charge is 0.272 e. The number of nitrogens with one attached hydrogen (secondary N) is 2. The van der Waals surface area contributed by atoms with Gasteiger partial charge in [0.1, 0.15) is 11.4 Å². The first-order chi connectivity index (χ1) is 9.10. The number of pyridine rings is 1. The van der Waals surface area contributed by atoms with E-state index in [1.807, 2.05) is 0 Å². The number of methoxy groups -OCH3 is 1. The van der Waals surface area contributed by atoms with Gasteiger partial charge in [0.2, 0.25) is 5.56 Å². The van der Waals surface area contributed by atoms with Gasteiger partial charge in [0.25, 0.3) is 5.91 Å². The van der Waals surface area contributed by atoms with Gasteiger partial charge in [-0.15, -0.1) is 0 Å². The van der Waals surface area contributed by atoms with E-state index in [0.29, 0.717) is 17.1 Å². The summed E-state index contributed by atoms with van der Waals surface area (Å²) in [5.74, 6) is 0.0439. The number of anilines is 2. The number of benzene rings is 1. The minimum Gasteiger partial charge on any atom is -0.495 e. The molecular formula is C13H13N3O3. The summed E-state index contributed by atoms with van der Waals surface area (Å²) in [5.41, 5.74) is 6.42. The van der Waals surface area contributed by atoms with Crippen molar-refractivity contribution in [1.29, 1.82) is 0 Å². The molecule has 2 aromatic rings. The number of carbonyl (C=O) groups is 1. The van der Waals surface area contributed by atoms with Crippen LogP contribution >= 0.6 is 0 Å². The topological polar surface area (TPSA) is 97.2 Å². The predicted octanol–water partition coefficient (Wildman–Crippen LogP) is 1.22. The number of ether oxygens (including phenoxy) is 1. The molecule has 6 heteroatoms. The molecule has 0 saturated carbocycles. The highest BCUT2D eigenvalue weighted by Crippen LogP contribution is 2.26. The van der Waals surface area contributed by atoms with Gasteiger partial charge < -0.3 is 20.8 Å². The van der Waals surface area contributed by atoms with E-state index in [1.54, 1.807) is 18.2 Å². The number of amides is 1. The van der Waals surface area contributed by atoms with Crippen LogP contribution in [0.2, 0.25) is 0 Å². The number of nitrogen functional groups attached to an aromatic ring is 1. The van der Waals surface area contributed by atoms with Crippen LogP contribution in [-0.2, 0) is 0 Å². The first kappa shape index (κ1) is 12.7. The van der Waals surface area contributed by atoms with Crippen molar-refractivity contribution >= 4 is 17.3 Å². The van der Waals surface area contributed by atoms with Crippen LogP contribution in [0.15, 0.2) is 41.2 Å². The lowest BCUT2D eigenvalue weighted by molar-refractivity contribution is 0.102. The Labute approximate surface area is 109 Å². The highest BCUT2D eigenvalue weighted by Gasteiger charge is 2.10. The second-order valence-electron chi connectivity index (χ2n) is 3.84. The van der Waals surface area contributed by atoms with Crippen LogP contribution in [0.3, 0.4) is 0 Å². The van der Waals surface area contributed by atoms with Crippen molar-refractivity contribution in [3.8, 4) is 5.75 Å². The maximum Gasteiger partial charge on any atom is 0.272 e. The van der Waals surface area contributed by atoms with Crippen LogP contribution in [0, 0.1) is 0 Å². The summed E-state index contributed by atoms with van der Waals surface area (Å²) in [7, 11) is 1.49. The van der Waals surface area contributed by atoms with Crippen molar-refractivity contribution in [3.63, 3.8) is 0 Å². The Kier molecular flexibility index (Phi) is 3.51. The molecule has 1 aromatic carbocycles. The SMILES string of the molecule is COc1ccc(N)cc1NC(=O)c1cccc(=O)[nH]1. The van der Waals surface area contributed by atoms with Crippen LogP contribution in [-0.4, -0.2) is 18.0 Å². The average molecular weight is 259 g/mol. The molecule has 1 heterocycles. The highest BCUT2D eigenvalue weighted by atomic mass is 16.5. The number of carbonyl (C=O) groups excluding carboxylic acids is 1. The number of hydrogen-bond acceptors (Lipinski definition) is 4. The van der Waals surface area contributed by atoms with E-state index in [0.717, 1.165) is 0 Å². The molecule has 0 aliphatic heterocycles. The molecule has 0 spiro atoms. The molecule has 0 fully saturated rings. The third-order valence-corrected chi connectivity index (χ3v) is 2.48. The molecule has 6 nitrogen and oxygen atoms in total. The molecule has 0 atom stereocenters. The monoisotopic (exact) mass is 259 g/mol. The summed E-state index contributed by atoms with van der Waals surface area (Å²) in [5, 5.41) is 2.63. The Hall–Kier alpha value is -2.76. The third kappa shape index (κ3) is 2.92. The number of rotatable bonds is 3.